The van der Waals surface area contributed by atoms with Crippen molar-refractivity contribution < 1.29 is 9.18 Å². The molecule has 0 saturated heterocycles. The third-order valence-corrected chi connectivity index (χ3v) is 7.13. The van der Waals surface area contributed by atoms with E-state index in [0.717, 1.165) is 48.9 Å². The second kappa shape index (κ2) is 10.4. The average molecular weight is 486 g/mol. The Morgan fingerprint density at radius 2 is 1.68 bits per heavy atom. The molecule has 0 aromatic heterocycles. The summed E-state index contributed by atoms with van der Waals surface area (Å²) in [6, 6.07) is 10.2. The minimum absolute atomic E-state index is 0.0115. The van der Waals surface area contributed by atoms with Gasteiger partial charge in [-0.25, -0.2) is 4.39 Å². The second-order valence-electron chi connectivity index (χ2n) is 8.86. The molecule has 1 aliphatic rings. The van der Waals surface area contributed by atoms with Gasteiger partial charge in [0.05, 0.1) is 15.6 Å². The number of rotatable bonds is 7. The monoisotopic (exact) mass is 484 g/mol. The summed E-state index contributed by atoms with van der Waals surface area (Å²) < 4.78 is 13.6. The van der Waals surface area contributed by atoms with Crippen LogP contribution < -0.4 is 10.6 Å². The molecule has 1 fully saturated rings. The van der Waals surface area contributed by atoms with Gasteiger partial charge < -0.3 is 10.6 Å². The number of benzene rings is 2. The van der Waals surface area contributed by atoms with Crippen LogP contribution in [0.25, 0.3) is 0 Å². The van der Waals surface area contributed by atoms with Crippen molar-refractivity contribution >= 4 is 46.4 Å². The van der Waals surface area contributed by atoms with Gasteiger partial charge in [-0.2, -0.15) is 0 Å². The molecule has 0 radical (unpaired) electrons. The molecule has 1 saturated carbocycles. The van der Waals surface area contributed by atoms with E-state index in [1.807, 2.05) is 24.3 Å². The molecule has 1 amide bonds. The van der Waals surface area contributed by atoms with Crippen molar-refractivity contribution in [2.45, 2.75) is 51.5 Å². The molecule has 0 aliphatic heterocycles. The van der Waals surface area contributed by atoms with Crippen LogP contribution in [-0.2, 0) is 0 Å². The highest BCUT2D eigenvalue weighted by Gasteiger charge is 2.33. The summed E-state index contributed by atoms with van der Waals surface area (Å²) in [5, 5.41) is 7.31. The molecular weight excluding hydrogens is 458 g/mol. The van der Waals surface area contributed by atoms with Crippen LogP contribution >= 0.6 is 34.8 Å². The first kappa shape index (κ1) is 24.2. The first-order valence-corrected chi connectivity index (χ1v) is 11.8. The largest absolute Gasteiger partial charge is 0.380 e. The summed E-state index contributed by atoms with van der Waals surface area (Å²) in [6.07, 6.45) is 5.43. The molecule has 2 aromatic rings. The van der Waals surface area contributed by atoms with Crippen molar-refractivity contribution in [1.82, 2.24) is 5.32 Å². The Kier molecular flexibility index (Phi) is 8.12. The van der Waals surface area contributed by atoms with Gasteiger partial charge in [0.2, 0.25) is 0 Å². The number of carbonyl (C=O) groups excluding carboxylic acids is 1. The Bertz CT molecular complexity index is 910. The summed E-state index contributed by atoms with van der Waals surface area (Å²) in [5.74, 6) is 0.122. The third kappa shape index (κ3) is 6.50. The van der Waals surface area contributed by atoms with Crippen LogP contribution in [0.15, 0.2) is 36.4 Å². The van der Waals surface area contributed by atoms with Crippen molar-refractivity contribution in [3.63, 3.8) is 0 Å². The van der Waals surface area contributed by atoms with E-state index < -0.39 is 5.82 Å². The zero-order valence-electron chi connectivity index (χ0n) is 17.8. The van der Waals surface area contributed by atoms with E-state index in [1.54, 1.807) is 0 Å². The van der Waals surface area contributed by atoms with Crippen molar-refractivity contribution in [1.29, 1.82) is 0 Å². The Hall–Kier alpha value is -1.49. The summed E-state index contributed by atoms with van der Waals surface area (Å²) in [6.45, 7) is 5.05. The van der Waals surface area contributed by atoms with E-state index in [4.69, 9.17) is 34.8 Å². The third-order valence-electron chi connectivity index (χ3n) is 6.27. The minimum atomic E-state index is -0.649. The number of hydrogen-bond acceptors (Lipinski definition) is 2. The quantitative estimate of drug-likeness (QED) is 0.396. The van der Waals surface area contributed by atoms with Gasteiger partial charge in [-0.3, -0.25) is 4.79 Å². The number of hydrogen-bond donors (Lipinski definition) is 2. The van der Waals surface area contributed by atoms with Gasteiger partial charge in [-0.05, 0) is 81.3 Å². The lowest BCUT2D eigenvalue weighted by Crippen LogP contribution is -2.41. The fraction of sp³-hybridized carbons (Fsp3) is 0.458. The molecule has 168 valence electrons. The topological polar surface area (TPSA) is 41.1 Å². The number of halogens is 4. The molecule has 0 unspecified atom stereocenters. The first-order chi connectivity index (χ1) is 14.7. The van der Waals surface area contributed by atoms with E-state index in [9.17, 15) is 9.18 Å². The minimum Gasteiger partial charge on any atom is -0.380 e. The summed E-state index contributed by atoms with van der Waals surface area (Å²) in [7, 11) is 0. The molecule has 31 heavy (non-hydrogen) atoms. The average Bonchev–Trinajstić information content (AvgIpc) is 2.72. The van der Waals surface area contributed by atoms with E-state index in [-0.39, 0.29) is 27.1 Å². The van der Waals surface area contributed by atoms with Crippen LogP contribution in [0.3, 0.4) is 0 Å². The van der Waals surface area contributed by atoms with Gasteiger partial charge >= 0.3 is 0 Å². The molecule has 0 bridgehead atoms. The maximum atomic E-state index is 13.6. The highest BCUT2D eigenvalue weighted by Crippen LogP contribution is 2.38. The molecular formula is C24H28Cl3FN2O. The van der Waals surface area contributed by atoms with Crippen LogP contribution in [-0.4, -0.2) is 18.0 Å². The predicted octanol–water partition coefficient (Wildman–Crippen LogP) is 7.60. The van der Waals surface area contributed by atoms with Gasteiger partial charge in [-0.1, -0.05) is 47.6 Å². The van der Waals surface area contributed by atoms with Crippen LogP contribution in [0.1, 0.15) is 56.3 Å². The zero-order valence-corrected chi connectivity index (χ0v) is 20.0. The van der Waals surface area contributed by atoms with Gasteiger partial charge in [0, 0.05) is 22.8 Å². The Morgan fingerprint density at radius 3 is 2.32 bits per heavy atom. The summed E-state index contributed by atoms with van der Waals surface area (Å²) >= 11 is 17.7. The SMILES string of the molecule is CC(C)(Nc1ccc(Cl)cc1)C1CCC(CCNC(=O)c2cc(F)c(Cl)cc2Cl)CC1. The lowest BCUT2D eigenvalue weighted by molar-refractivity contribution is 0.0948. The molecule has 0 heterocycles. The van der Waals surface area contributed by atoms with Gasteiger partial charge in [0.1, 0.15) is 5.82 Å². The molecule has 0 spiro atoms. The van der Waals surface area contributed by atoms with E-state index in [0.29, 0.717) is 18.4 Å². The van der Waals surface area contributed by atoms with Gasteiger partial charge in [0.15, 0.2) is 0 Å². The fourth-order valence-electron chi connectivity index (χ4n) is 4.36. The van der Waals surface area contributed by atoms with Crippen LogP contribution in [0, 0.1) is 17.7 Å². The Morgan fingerprint density at radius 1 is 1.03 bits per heavy atom. The summed E-state index contributed by atoms with van der Waals surface area (Å²) in [4.78, 5) is 12.3. The summed E-state index contributed by atoms with van der Waals surface area (Å²) in [5.41, 5.74) is 1.18. The number of amides is 1. The standard InChI is InChI=1S/C24H28Cl3FN2O/c1-24(2,30-18-9-7-17(25)8-10-18)16-5-3-15(4-6-16)11-12-29-23(31)19-13-22(28)21(27)14-20(19)26/h7-10,13-16,30H,3-6,11-12H2,1-2H3,(H,29,31). The molecule has 7 heteroatoms. The number of anilines is 1. The maximum Gasteiger partial charge on any atom is 0.252 e. The second-order valence-corrected chi connectivity index (χ2v) is 10.1. The number of carbonyl (C=O) groups is 1. The van der Waals surface area contributed by atoms with E-state index >= 15 is 0 Å². The molecule has 0 atom stereocenters. The van der Waals surface area contributed by atoms with Crippen molar-refractivity contribution in [2.75, 3.05) is 11.9 Å². The molecule has 1 aliphatic carbocycles. The van der Waals surface area contributed by atoms with Crippen LogP contribution in [0.2, 0.25) is 15.1 Å². The molecule has 2 N–H and O–H groups in total. The van der Waals surface area contributed by atoms with Crippen molar-refractivity contribution in [3.05, 3.63) is 62.8 Å². The molecule has 2 aromatic carbocycles. The molecule has 3 nitrogen and oxygen atoms in total. The normalized spacial score (nSPS) is 19.2. The van der Waals surface area contributed by atoms with E-state index in [1.165, 1.54) is 6.07 Å². The fourth-order valence-corrected chi connectivity index (χ4v) is 4.96. The Labute approximate surface area is 198 Å². The van der Waals surface area contributed by atoms with Crippen LogP contribution in [0.4, 0.5) is 10.1 Å². The van der Waals surface area contributed by atoms with E-state index in [2.05, 4.69) is 24.5 Å². The van der Waals surface area contributed by atoms with Crippen molar-refractivity contribution in [3.8, 4) is 0 Å². The lowest BCUT2D eigenvalue weighted by atomic mass is 9.72. The lowest BCUT2D eigenvalue weighted by Gasteiger charge is -2.40. The smallest absolute Gasteiger partial charge is 0.252 e. The highest BCUT2D eigenvalue weighted by atomic mass is 35.5. The van der Waals surface area contributed by atoms with Crippen LogP contribution in [0.5, 0.6) is 0 Å². The Balaban J connectivity index is 1.44. The zero-order chi connectivity index (χ0) is 22.6. The maximum absolute atomic E-state index is 13.6. The first-order valence-electron chi connectivity index (χ1n) is 10.6. The number of nitrogens with one attached hydrogen (secondary N) is 2. The van der Waals surface area contributed by atoms with Crippen molar-refractivity contribution in [2.24, 2.45) is 11.8 Å². The molecule has 3 rings (SSSR count). The van der Waals surface area contributed by atoms with Gasteiger partial charge in [0.25, 0.3) is 5.91 Å². The predicted molar refractivity (Wildman–Crippen MR) is 128 cm³/mol. The van der Waals surface area contributed by atoms with Gasteiger partial charge in [-0.15, -0.1) is 0 Å². The highest BCUT2D eigenvalue weighted by molar-refractivity contribution is 6.36.